The zero-order valence-electron chi connectivity index (χ0n) is 33.2. The van der Waals surface area contributed by atoms with Crippen LogP contribution in [0.25, 0.3) is 22.2 Å². The van der Waals surface area contributed by atoms with Crippen molar-refractivity contribution in [2.24, 2.45) is 0 Å². The summed E-state index contributed by atoms with van der Waals surface area (Å²) < 4.78 is 51.4. The Morgan fingerprint density at radius 1 is 0.873 bits per heavy atom. The summed E-state index contributed by atoms with van der Waals surface area (Å²) in [4.78, 5) is 18.3. The molecule has 0 bridgehead atoms. The van der Waals surface area contributed by atoms with Crippen LogP contribution in [0.15, 0.2) is 72.8 Å². The molecule has 0 radical (unpaired) electrons. The van der Waals surface area contributed by atoms with Crippen molar-refractivity contribution in [1.82, 2.24) is 9.55 Å². The van der Waals surface area contributed by atoms with Gasteiger partial charge in [0.1, 0.15) is 41.9 Å². The molecule has 0 aliphatic carbocycles. The zero-order valence-corrected chi connectivity index (χ0v) is 34.2. The number of rotatable bonds is 20. The summed E-state index contributed by atoms with van der Waals surface area (Å²) in [5, 5.41) is 12.4. The smallest absolute Gasteiger partial charge is 0.163 e. The molecule has 10 nitrogen and oxygen atoms in total. The van der Waals surface area contributed by atoms with Gasteiger partial charge in [0.15, 0.2) is 17.3 Å². The van der Waals surface area contributed by atoms with Crippen LogP contribution in [0.4, 0.5) is 4.39 Å². The van der Waals surface area contributed by atoms with E-state index >= 15 is 4.39 Å². The second kappa shape index (κ2) is 18.3. The minimum Gasteiger partial charge on any atom is -0.497 e. The van der Waals surface area contributed by atoms with Crippen molar-refractivity contribution in [3.8, 4) is 34.3 Å². The SMILES string of the molecule is COc1ccc(COCCOc2ccc(C(=O)CCC(C)(O)c3ccc(OC)c(-c4c(C)n(COCC[Si](C)(C)C)c5c(F)cccc45)n3)cc2OC)cc1. The van der Waals surface area contributed by atoms with Gasteiger partial charge in [0.2, 0.25) is 0 Å². The molecule has 0 saturated heterocycles. The summed E-state index contributed by atoms with van der Waals surface area (Å²) in [6.45, 7) is 12.3. The van der Waals surface area contributed by atoms with Crippen LogP contribution in [0.2, 0.25) is 25.7 Å². The lowest BCUT2D eigenvalue weighted by Gasteiger charge is -2.24. The van der Waals surface area contributed by atoms with E-state index < -0.39 is 13.7 Å². The molecule has 5 aromatic rings. The largest absolute Gasteiger partial charge is 0.497 e. The van der Waals surface area contributed by atoms with Gasteiger partial charge in [-0.25, -0.2) is 9.37 Å². The Morgan fingerprint density at radius 3 is 2.29 bits per heavy atom. The summed E-state index contributed by atoms with van der Waals surface area (Å²) in [5.41, 5.74) is 2.65. The number of hydrogen-bond donors (Lipinski definition) is 1. The maximum absolute atomic E-state index is 15.4. The number of aromatic nitrogens is 2. The molecule has 0 aliphatic heterocycles. The van der Waals surface area contributed by atoms with E-state index in [2.05, 4.69) is 19.6 Å². The topological polar surface area (TPSA) is 111 Å². The van der Waals surface area contributed by atoms with Crippen LogP contribution < -0.4 is 18.9 Å². The number of pyridine rings is 1. The first-order valence-corrected chi connectivity index (χ1v) is 22.1. The van der Waals surface area contributed by atoms with Gasteiger partial charge in [0.05, 0.1) is 45.8 Å². The van der Waals surface area contributed by atoms with Crippen molar-refractivity contribution in [2.45, 2.75) is 71.3 Å². The number of Topliss-reactive ketones (excluding diaryl/α,β-unsaturated/α-hetero) is 1. The maximum Gasteiger partial charge on any atom is 0.163 e. The van der Waals surface area contributed by atoms with E-state index in [-0.39, 0.29) is 31.2 Å². The van der Waals surface area contributed by atoms with Crippen LogP contribution in [-0.4, -0.2) is 69.7 Å². The van der Waals surface area contributed by atoms with Crippen LogP contribution in [0.3, 0.4) is 0 Å². The number of carbonyl (C=O) groups excluding carboxylic acids is 1. The molecule has 3 aromatic carbocycles. The molecule has 0 fully saturated rings. The van der Waals surface area contributed by atoms with Gasteiger partial charge in [-0.3, -0.25) is 4.79 Å². The van der Waals surface area contributed by atoms with Crippen molar-refractivity contribution in [3.05, 3.63) is 101 Å². The molecule has 2 aromatic heterocycles. The molecular weight excluding hydrogens is 720 g/mol. The molecule has 12 heteroatoms. The van der Waals surface area contributed by atoms with E-state index in [0.29, 0.717) is 77.1 Å². The molecule has 2 heterocycles. The lowest BCUT2D eigenvalue weighted by atomic mass is 9.92. The van der Waals surface area contributed by atoms with Crippen LogP contribution in [-0.2, 0) is 28.4 Å². The first kappa shape index (κ1) is 41.4. The van der Waals surface area contributed by atoms with Crippen molar-refractivity contribution < 1.29 is 42.7 Å². The van der Waals surface area contributed by atoms with E-state index in [1.54, 1.807) is 57.5 Å². The fraction of sp³-hybridized carbons (Fsp3) is 0.395. The van der Waals surface area contributed by atoms with Gasteiger partial charge in [-0.05, 0) is 80.4 Å². The number of halogens is 1. The number of carbonyl (C=O) groups is 1. The van der Waals surface area contributed by atoms with Gasteiger partial charge in [-0.1, -0.05) is 43.9 Å². The van der Waals surface area contributed by atoms with Crippen LogP contribution in [0.5, 0.6) is 23.0 Å². The van der Waals surface area contributed by atoms with E-state index in [1.807, 2.05) is 41.8 Å². The Kier molecular flexibility index (Phi) is 13.7. The Labute approximate surface area is 324 Å². The lowest BCUT2D eigenvalue weighted by Crippen LogP contribution is -2.24. The lowest BCUT2D eigenvalue weighted by molar-refractivity contribution is 0.0397. The van der Waals surface area contributed by atoms with E-state index in [1.165, 1.54) is 13.2 Å². The van der Waals surface area contributed by atoms with Gasteiger partial charge >= 0.3 is 0 Å². The van der Waals surface area contributed by atoms with Crippen LogP contribution >= 0.6 is 0 Å². The number of aliphatic hydroxyl groups is 1. The maximum atomic E-state index is 15.4. The average molecular weight is 773 g/mol. The minimum absolute atomic E-state index is 0.0386. The summed E-state index contributed by atoms with van der Waals surface area (Å²) in [6, 6.07) is 22.1. The average Bonchev–Trinajstić information content (AvgIpc) is 3.46. The quantitative estimate of drug-likeness (QED) is 0.0471. The fourth-order valence-electron chi connectivity index (χ4n) is 6.29. The predicted molar refractivity (Wildman–Crippen MR) is 215 cm³/mol. The molecule has 1 atom stereocenters. The number of fused-ring (bicyclic) bond motifs is 1. The standard InChI is InChI=1S/C43H53FN2O8Si/c1-29-40(33-10-9-11-34(44)42(33)46(29)28-53-24-25-55(6,7)8)41-37(50-4)18-19-39(45-41)43(2,48)21-20-35(47)31-14-17-36(38(26-31)51-5)54-23-22-52-27-30-12-15-32(49-3)16-13-30/h9-19,26,48H,20-25,27-28H2,1-8H3. The molecule has 0 spiro atoms. The van der Waals surface area contributed by atoms with E-state index in [4.69, 9.17) is 33.4 Å². The van der Waals surface area contributed by atoms with Crippen molar-refractivity contribution in [2.75, 3.05) is 41.2 Å². The number of benzene rings is 3. The third kappa shape index (κ3) is 10.3. The van der Waals surface area contributed by atoms with Gasteiger partial charge in [0.25, 0.3) is 0 Å². The highest BCUT2D eigenvalue weighted by atomic mass is 28.3. The number of nitrogens with zero attached hydrogens (tertiary/aromatic N) is 2. The number of ketones is 1. The summed E-state index contributed by atoms with van der Waals surface area (Å²) in [5.74, 6) is 1.62. The molecule has 0 saturated carbocycles. The normalized spacial score (nSPS) is 12.8. The zero-order chi connectivity index (χ0) is 39.8. The Hall–Kier alpha value is -4.75. The number of ether oxygens (including phenoxy) is 6. The van der Waals surface area contributed by atoms with Gasteiger partial charge < -0.3 is 38.1 Å². The number of hydrogen-bond acceptors (Lipinski definition) is 9. The Balaban J connectivity index is 1.27. The molecule has 1 N–H and O–H groups in total. The second-order valence-corrected chi connectivity index (χ2v) is 20.6. The van der Waals surface area contributed by atoms with E-state index in [0.717, 1.165) is 23.1 Å². The second-order valence-electron chi connectivity index (χ2n) is 14.9. The number of para-hydroxylation sites is 1. The molecular formula is C43H53FN2O8Si. The summed E-state index contributed by atoms with van der Waals surface area (Å²) >= 11 is 0. The highest BCUT2D eigenvalue weighted by Crippen LogP contribution is 2.41. The van der Waals surface area contributed by atoms with Gasteiger partial charge in [0, 0.05) is 43.3 Å². The fourth-order valence-corrected chi connectivity index (χ4v) is 7.04. The molecule has 0 amide bonds. The molecule has 1 unspecified atom stereocenters. The molecule has 294 valence electrons. The van der Waals surface area contributed by atoms with Gasteiger partial charge in [-0.2, -0.15) is 0 Å². The Bertz CT molecular complexity index is 2070. The predicted octanol–water partition coefficient (Wildman–Crippen LogP) is 8.96. The van der Waals surface area contributed by atoms with Gasteiger partial charge in [-0.15, -0.1) is 0 Å². The molecule has 55 heavy (non-hydrogen) atoms. The summed E-state index contributed by atoms with van der Waals surface area (Å²) in [7, 11) is 3.38. The first-order valence-electron chi connectivity index (χ1n) is 18.4. The Morgan fingerprint density at radius 2 is 1.60 bits per heavy atom. The molecule has 5 rings (SSSR count). The minimum atomic E-state index is -1.48. The first-order chi connectivity index (χ1) is 26.3. The van der Waals surface area contributed by atoms with Crippen molar-refractivity contribution in [1.29, 1.82) is 0 Å². The highest BCUT2D eigenvalue weighted by Gasteiger charge is 2.29. The monoisotopic (exact) mass is 772 g/mol. The van der Waals surface area contributed by atoms with Crippen LogP contribution in [0.1, 0.15) is 47.1 Å². The van der Waals surface area contributed by atoms with Crippen LogP contribution in [0, 0.1) is 12.7 Å². The third-order valence-electron chi connectivity index (χ3n) is 9.61. The third-order valence-corrected chi connectivity index (χ3v) is 11.3. The van der Waals surface area contributed by atoms with Crippen molar-refractivity contribution >= 4 is 24.8 Å². The highest BCUT2D eigenvalue weighted by molar-refractivity contribution is 6.76. The summed E-state index contributed by atoms with van der Waals surface area (Å²) in [6.07, 6.45) is 0.133. The molecule has 0 aliphatic rings. The number of methoxy groups -OCH3 is 3. The van der Waals surface area contributed by atoms with Crippen molar-refractivity contribution in [3.63, 3.8) is 0 Å². The van der Waals surface area contributed by atoms with E-state index in [9.17, 15) is 9.90 Å².